The zero-order valence-corrected chi connectivity index (χ0v) is 39.1. The quantitative estimate of drug-likeness (QED) is 0.0640. The Bertz CT molecular complexity index is 2210. The number of rotatable bonds is 24. The number of fused-ring (bicyclic) bond motifs is 1. The molecule has 2 heterocycles. The first-order chi connectivity index (χ1) is 32.1. The van der Waals surface area contributed by atoms with Crippen LogP contribution in [0.1, 0.15) is 135 Å². The number of likely N-dealkylation sites (tertiary alicyclic amines) is 1. The molecule has 2 saturated carbocycles. The summed E-state index contributed by atoms with van der Waals surface area (Å²) in [6, 6.07) is 6.56. The highest BCUT2D eigenvalue weighted by molar-refractivity contribution is 6.39. The number of carbonyl (C=O) groups excluding carboxylic acids is 6. The lowest BCUT2D eigenvalue weighted by atomic mass is 9.77. The molecule has 3 fully saturated rings. The molecule has 1 aromatic heterocycles. The number of amides is 5. The van der Waals surface area contributed by atoms with Gasteiger partial charge in [0.2, 0.25) is 23.5 Å². The van der Waals surface area contributed by atoms with Crippen LogP contribution in [0, 0.1) is 5.92 Å². The van der Waals surface area contributed by atoms with Gasteiger partial charge in [0.05, 0.1) is 70.1 Å². The van der Waals surface area contributed by atoms with E-state index >= 15 is 4.79 Å². The van der Waals surface area contributed by atoms with Gasteiger partial charge in [0.25, 0.3) is 11.8 Å². The Balaban J connectivity index is 1.29. The number of nitrogens with two attached hydrogens (primary N) is 2. The van der Waals surface area contributed by atoms with E-state index in [-0.39, 0.29) is 56.3 Å². The number of hydrogen-bond donors (Lipinski definition) is 5. The van der Waals surface area contributed by atoms with Crippen LogP contribution in [-0.2, 0) is 43.7 Å². The van der Waals surface area contributed by atoms with Crippen LogP contribution in [0.5, 0.6) is 0 Å². The summed E-state index contributed by atoms with van der Waals surface area (Å²) in [6.07, 6.45) is 9.01. The number of aromatic nitrogens is 3. The van der Waals surface area contributed by atoms with Crippen molar-refractivity contribution in [3.63, 3.8) is 0 Å². The minimum absolute atomic E-state index is 0.0245. The van der Waals surface area contributed by atoms with Crippen LogP contribution in [0.25, 0.3) is 10.8 Å². The third-order valence-electron chi connectivity index (χ3n) is 13.4. The molecule has 67 heavy (non-hydrogen) atoms. The van der Waals surface area contributed by atoms with Crippen LogP contribution in [-0.4, -0.2) is 138 Å². The number of benzene rings is 2. The summed E-state index contributed by atoms with van der Waals surface area (Å²) in [5.41, 5.74) is 10.0. The van der Waals surface area contributed by atoms with Crippen LogP contribution in [0.3, 0.4) is 0 Å². The standard InChI is InChI=1S/C48H68N8O11/c1-47(2,63)39-29-52-54-56(39)34-28-38(45(61)53-48(41(57)43(50)59)16-8-5-9-17-48)55(30-34)46(62)37(26-31-10-6-4-7-11-31)40-35-14-13-33(27-32(35)12-15-36(40)42(49)58)44(60)51-18-19-65-22-23-67-25-24-66-21-20-64-3/h12-15,27,29,31,34,37-38,63H,4-11,16-26,28,30H2,1-3H3,(H2,49,58)(H2,50,59)(H,51,60)(H,53,61)/t34-,37+,38-/m0/s1. The number of Topliss-reactive ketones (excluding diaryl/α,β-unsaturated/α-hetero) is 1. The fourth-order valence-corrected chi connectivity index (χ4v) is 9.96. The van der Waals surface area contributed by atoms with Crippen molar-refractivity contribution in [2.24, 2.45) is 17.4 Å². The summed E-state index contributed by atoms with van der Waals surface area (Å²) >= 11 is 0. The van der Waals surface area contributed by atoms with Crippen LogP contribution < -0.4 is 22.1 Å². The van der Waals surface area contributed by atoms with Gasteiger partial charge in [-0.15, -0.1) is 5.10 Å². The average Bonchev–Trinajstić information content (AvgIpc) is 4.00. The van der Waals surface area contributed by atoms with Gasteiger partial charge in [-0.25, -0.2) is 4.68 Å². The van der Waals surface area contributed by atoms with Gasteiger partial charge < -0.3 is 51.1 Å². The number of methoxy groups -OCH3 is 1. The molecule has 2 aliphatic carbocycles. The number of nitrogens with one attached hydrogen (secondary N) is 2. The Labute approximate surface area is 391 Å². The molecule has 0 bridgehead atoms. The highest BCUT2D eigenvalue weighted by Crippen LogP contribution is 2.42. The predicted octanol–water partition coefficient (Wildman–Crippen LogP) is 2.95. The van der Waals surface area contributed by atoms with Crippen molar-refractivity contribution in [1.29, 1.82) is 0 Å². The Morgan fingerprint density at radius 1 is 0.881 bits per heavy atom. The van der Waals surface area contributed by atoms with Crippen molar-refractivity contribution < 1.29 is 52.8 Å². The number of ether oxygens (including phenoxy) is 4. The normalized spacial score (nSPS) is 19.3. The monoisotopic (exact) mass is 933 g/mol. The number of nitrogens with zero attached hydrogens (tertiary/aromatic N) is 4. The summed E-state index contributed by atoms with van der Waals surface area (Å²) in [6.45, 7) is 6.28. The van der Waals surface area contributed by atoms with Gasteiger partial charge in [-0.2, -0.15) is 0 Å². The molecule has 5 amide bonds. The topological polar surface area (TPSA) is 270 Å². The van der Waals surface area contributed by atoms with E-state index in [2.05, 4.69) is 20.9 Å². The summed E-state index contributed by atoms with van der Waals surface area (Å²) in [4.78, 5) is 84.6. The zero-order chi connectivity index (χ0) is 48.1. The van der Waals surface area contributed by atoms with Gasteiger partial charge in [0, 0.05) is 37.7 Å². The second-order valence-electron chi connectivity index (χ2n) is 18.5. The number of hydrogen-bond acceptors (Lipinski definition) is 13. The molecule has 19 nitrogen and oxygen atoms in total. The molecule has 2 aromatic carbocycles. The van der Waals surface area contributed by atoms with Gasteiger partial charge in [0.1, 0.15) is 17.2 Å². The van der Waals surface area contributed by atoms with Crippen molar-refractivity contribution in [2.45, 2.75) is 120 Å². The Kier molecular flexibility index (Phi) is 18.0. The molecule has 0 spiro atoms. The number of aliphatic hydroxyl groups is 1. The molecule has 0 unspecified atom stereocenters. The maximum Gasteiger partial charge on any atom is 0.287 e. The molecule has 3 aliphatic rings. The van der Waals surface area contributed by atoms with Gasteiger partial charge in [-0.1, -0.05) is 68.7 Å². The van der Waals surface area contributed by atoms with Crippen LogP contribution in [0.15, 0.2) is 36.5 Å². The molecular weight excluding hydrogens is 865 g/mol. The summed E-state index contributed by atoms with van der Waals surface area (Å²) in [5.74, 6) is -5.04. The minimum atomic E-state index is -1.53. The molecule has 366 valence electrons. The summed E-state index contributed by atoms with van der Waals surface area (Å²) in [7, 11) is 1.61. The Morgan fingerprint density at radius 2 is 1.54 bits per heavy atom. The van der Waals surface area contributed by atoms with Crippen LogP contribution in [0.4, 0.5) is 0 Å². The fraction of sp³-hybridized carbons (Fsp3) is 0.625. The van der Waals surface area contributed by atoms with E-state index < -0.39 is 58.6 Å². The van der Waals surface area contributed by atoms with E-state index in [4.69, 9.17) is 30.4 Å². The van der Waals surface area contributed by atoms with Gasteiger partial charge in [-0.3, -0.25) is 28.8 Å². The van der Waals surface area contributed by atoms with Crippen molar-refractivity contribution in [3.8, 4) is 0 Å². The first-order valence-corrected chi connectivity index (χ1v) is 23.6. The van der Waals surface area contributed by atoms with E-state index in [1.54, 1.807) is 51.3 Å². The molecule has 3 atom stereocenters. The van der Waals surface area contributed by atoms with E-state index in [1.165, 1.54) is 15.8 Å². The van der Waals surface area contributed by atoms with Gasteiger partial charge in [-0.05, 0) is 73.6 Å². The molecule has 3 aromatic rings. The largest absolute Gasteiger partial charge is 0.384 e. The van der Waals surface area contributed by atoms with Crippen molar-refractivity contribution in [3.05, 3.63) is 58.9 Å². The zero-order valence-electron chi connectivity index (χ0n) is 39.1. The molecular formula is C48H68N8O11. The lowest BCUT2D eigenvalue weighted by Crippen LogP contribution is -2.62. The minimum Gasteiger partial charge on any atom is -0.384 e. The van der Waals surface area contributed by atoms with Gasteiger partial charge >= 0.3 is 0 Å². The van der Waals surface area contributed by atoms with Crippen LogP contribution >= 0.6 is 0 Å². The van der Waals surface area contributed by atoms with Crippen LogP contribution in [0.2, 0.25) is 0 Å². The molecule has 0 radical (unpaired) electrons. The molecule has 1 aliphatic heterocycles. The third kappa shape index (κ3) is 12.8. The summed E-state index contributed by atoms with van der Waals surface area (Å²) < 4.78 is 22.9. The molecule has 19 heteroatoms. The Morgan fingerprint density at radius 3 is 2.18 bits per heavy atom. The lowest BCUT2D eigenvalue weighted by molar-refractivity contribution is -0.145. The van der Waals surface area contributed by atoms with Crippen molar-refractivity contribution in [1.82, 2.24) is 30.5 Å². The van der Waals surface area contributed by atoms with E-state index in [9.17, 15) is 29.1 Å². The Hall–Kier alpha value is -5.34. The first-order valence-electron chi connectivity index (χ1n) is 23.6. The SMILES string of the molecule is COCCOCCOCCOCCNC(=O)c1ccc2c([C@@H](CC3CCCCC3)C(=O)N3C[C@@H](n4nncc4C(C)(C)O)C[C@H]3C(=O)NC3(C(=O)C(N)=O)CCCCC3)c(C(N)=O)ccc2c1. The average molecular weight is 933 g/mol. The van der Waals surface area contributed by atoms with E-state index in [0.29, 0.717) is 86.5 Å². The van der Waals surface area contributed by atoms with Crippen molar-refractivity contribution in [2.75, 3.05) is 66.4 Å². The molecule has 1 saturated heterocycles. The smallest absolute Gasteiger partial charge is 0.287 e. The summed E-state index contributed by atoms with van der Waals surface area (Å²) in [5, 5.41) is 26.4. The maximum absolute atomic E-state index is 15.7. The second-order valence-corrected chi connectivity index (χ2v) is 18.5. The fourth-order valence-electron chi connectivity index (χ4n) is 9.96. The number of ketones is 1. The van der Waals surface area contributed by atoms with E-state index in [1.807, 2.05) is 0 Å². The molecule has 7 N–H and O–H groups in total. The highest BCUT2D eigenvalue weighted by Gasteiger charge is 2.49. The molecule has 6 rings (SSSR count). The maximum atomic E-state index is 15.7. The van der Waals surface area contributed by atoms with E-state index in [0.717, 1.165) is 38.5 Å². The van der Waals surface area contributed by atoms with Gasteiger partial charge in [0.15, 0.2) is 0 Å². The number of carbonyl (C=O) groups is 6. The third-order valence-corrected chi connectivity index (χ3v) is 13.4. The van der Waals surface area contributed by atoms with Crippen molar-refractivity contribution >= 4 is 46.1 Å². The highest BCUT2D eigenvalue weighted by atomic mass is 16.6. The number of primary amides is 2. The second kappa shape index (κ2) is 23.6. The first kappa shape index (κ1) is 51.1. The predicted molar refractivity (Wildman–Crippen MR) is 246 cm³/mol. The lowest BCUT2D eigenvalue weighted by Gasteiger charge is -2.38.